The van der Waals surface area contributed by atoms with Gasteiger partial charge < -0.3 is 9.84 Å². The Kier molecular flexibility index (Phi) is 5.26. The number of ether oxygens (including phenoxy) is 1. The van der Waals surface area contributed by atoms with Gasteiger partial charge in [-0.2, -0.15) is 0 Å². The first kappa shape index (κ1) is 13.5. The van der Waals surface area contributed by atoms with E-state index in [0.717, 1.165) is 25.7 Å². The average Bonchev–Trinajstić information content (AvgIpc) is 2.65. The molecule has 3 atom stereocenters. The van der Waals surface area contributed by atoms with Crippen LogP contribution in [-0.2, 0) is 9.53 Å². The number of esters is 1. The van der Waals surface area contributed by atoms with Gasteiger partial charge in [0, 0.05) is 0 Å². The smallest absolute Gasteiger partial charge is 0.309 e. The maximum absolute atomic E-state index is 11.7. The molecule has 0 spiro atoms. The normalized spacial score (nSPS) is 27.1. The summed E-state index contributed by atoms with van der Waals surface area (Å²) in [6.45, 7) is 6.45. The Labute approximate surface area is 98.2 Å². The Morgan fingerprint density at radius 1 is 1.44 bits per heavy atom. The molecular formula is C13H24O3. The maximum atomic E-state index is 11.7. The molecule has 1 aliphatic rings. The van der Waals surface area contributed by atoms with E-state index in [-0.39, 0.29) is 23.9 Å². The van der Waals surface area contributed by atoms with Gasteiger partial charge in [-0.3, -0.25) is 4.79 Å². The summed E-state index contributed by atoms with van der Waals surface area (Å²) in [5, 5.41) is 10.1. The summed E-state index contributed by atoms with van der Waals surface area (Å²) in [4.78, 5) is 11.7. The number of aliphatic hydroxyl groups is 1. The van der Waals surface area contributed by atoms with Gasteiger partial charge in [0.05, 0.1) is 18.6 Å². The van der Waals surface area contributed by atoms with Gasteiger partial charge in [-0.25, -0.2) is 0 Å². The van der Waals surface area contributed by atoms with Crippen LogP contribution in [-0.4, -0.2) is 23.8 Å². The van der Waals surface area contributed by atoms with Gasteiger partial charge in [0.2, 0.25) is 0 Å². The predicted octanol–water partition coefficient (Wildman–Crippen LogP) is 2.37. The van der Waals surface area contributed by atoms with E-state index < -0.39 is 0 Å². The summed E-state index contributed by atoms with van der Waals surface area (Å²) in [5.74, 6) is 0.390. The van der Waals surface area contributed by atoms with Crippen molar-refractivity contribution in [1.82, 2.24) is 0 Å². The van der Waals surface area contributed by atoms with Crippen molar-refractivity contribution in [3.63, 3.8) is 0 Å². The van der Waals surface area contributed by atoms with Gasteiger partial charge in [-0.1, -0.05) is 20.3 Å². The van der Waals surface area contributed by atoms with Crippen LogP contribution in [0.5, 0.6) is 0 Å². The minimum absolute atomic E-state index is 0.0753. The first-order valence-electron chi connectivity index (χ1n) is 6.41. The zero-order valence-corrected chi connectivity index (χ0v) is 10.6. The quantitative estimate of drug-likeness (QED) is 0.735. The minimum atomic E-state index is -0.350. The third-order valence-corrected chi connectivity index (χ3v) is 3.37. The molecule has 0 aromatic rings. The van der Waals surface area contributed by atoms with Crippen molar-refractivity contribution in [2.45, 2.75) is 52.6 Å². The van der Waals surface area contributed by atoms with Crippen molar-refractivity contribution >= 4 is 5.97 Å². The Morgan fingerprint density at radius 3 is 2.69 bits per heavy atom. The molecule has 1 rings (SSSR count). The topological polar surface area (TPSA) is 46.5 Å². The van der Waals surface area contributed by atoms with Crippen LogP contribution in [0.4, 0.5) is 0 Å². The molecule has 0 amide bonds. The largest absolute Gasteiger partial charge is 0.466 e. The van der Waals surface area contributed by atoms with E-state index in [1.54, 1.807) is 0 Å². The Bertz CT molecular complexity index is 225. The van der Waals surface area contributed by atoms with Crippen LogP contribution in [0.2, 0.25) is 0 Å². The summed E-state index contributed by atoms with van der Waals surface area (Å²) in [6.07, 6.45) is 3.29. The second-order valence-electron chi connectivity index (χ2n) is 5.15. The molecule has 16 heavy (non-hydrogen) atoms. The number of aliphatic hydroxyl groups excluding tert-OH is 1. The molecule has 0 radical (unpaired) electrons. The first-order chi connectivity index (χ1) is 7.56. The standard InChI is InChI=1S/C13H24O3/c1-4-16-13(15)11-7-5-6-10(11)12(14)8-9(2)3/h9-12,14H,4-8H2,1-3H3. The van der Waals surface area contributed by atoms with E-state index in [0.29, 0.717) is 12.5 Å². The van der Waals surface area contributed by atoms with E-state index in [1.807, 2.05) is 6.92 Å². The van der Waals surface area contributed by atoms with Crippen LogP contribution in [0.1, 0.15) is 46.5 Å². The summed E-state index contributed by atoms with van der Waals surface area (Å²) in [7, 11) is 0. The SMILES string of the molecule is CCOC(=O)C1CCCC1C(O)CC(C)C. The fourth-order valence-corrected chi connectivity index (χ4v) is 2.65. The number of carbonyl (C=O) groups is 1. The fraction of sp³-hybridized carbons (Fsp3) is 0.923. The van der Waals surface area contributed by atoms with Crippen molar-refractivity contribution < 1.29 is 14.6 Å². The van der Waals surface area contributed by atoms with Crippen LogP contribution in [0, 0.1) is 17.8 Å². The fourth-order valence-electron chi connectivity index (χ4n) is 2.65. The zero-order chi connectivity index (χ0) is 12.1. The first-order valence-corrected chi connectivity index (χ1v) is 6.41. The molecule has 1 N–H and O–H groups in total. The molecule has 94 valence electrons. The van der Waals surface area contributed by atoms with Gasteiger partial charge in [-0.15, -0.1) is 0 Å². The monoisotopic (exact) mass is 228 g/mol. The minimum Gasteiger partial charge on any atom is -0.466 e. The summed E-state index contributed by atoms with van der Waals surface area (Å²) < 4.78 is 5.06. The van der Waals surface area contributed by atoms with Crippen LogP contribution in [0.25, 0.3) is 0 Å². The second-order valence-corrected chi connectivity index (χ2v) is 5.15. The summed E-state index contributed by atoms with van der Waals surface area (Å²) in [6, 6.07) is 0. The molecule has 0 bridgehead atoms. The van der Waals surface area contributed by atoms with Crippen molar-refractivity contribution in [2.24, 2.45) is 17.8 Å². The zero-order valence-electron chi connectivity index (χ0n) is 10.6. The van der Waals surface area contributed by atoms with Gasteiger partial charge in [0.25, 0.3) is 0 Å². The predicted molar refractivity (Wildman–Crippen MR) is 62.9 cm³/mol. The Morgan fingerprint density at radius 2 is 2.12 bits per heavy atom. The van der Waals surface area contributed by atoms with Gasteiger partial charge in [-0.05, 0) is 38.0 Å². The lowest BCUT2D eigenvalue weighted by Gasteiger charge is -2.24. The number of hydrogen-bond acceptors (Lipinski definition) is 3. The summed E-state index contributed by atoms with van der Waals surface area (Å²) in [5.41, 5.74) is 0. The molecule has 0 aliphatic heterocycles. The molecule has 1 aliphatic carbocycles. The third kappa shape index (κ3) is 3.48. The molecule has 1 fully saturated rings. The third-order valence-electron chi connectivity index (χ3n) is 3.37. The molecule has 3 unspecified atom stereocenters. The van der Waals surface area contributed by atoms with Gasteiger partial charge >= 0.3 is 5.97 Å². The lowest BCUT2D eigenvalue weighted by molar-refractivity contribution is -0.151. The van der Waals surface area contributed by atoms with E-state index in [2.05, 4.69) is 13.8 Å². The van der Waals surface area contributed by atoms with Crippen LogP contribution < -0.4 is 0 Å². The van der Waals surface area contributed by atoms with Crippen molar-refractivity contribution in [2.75, 3.05) is 6.61 Å². The number of hydrogen-bond donors (Lipinski definition) is 1. The lowest BCUT2D eigenvalue weighted by atomic mass is 9.86. The van der Waals surface area contributed by atoms with Crippen molar-refractivity contribution in [1.29, 1.82) is 0 Å². The molecule has 1 saturated carbocycles. The molecule has 0 aromatic carbocycles. The average molecular weight is 228 g/mol. The van der Waals surface area contributed by atoms with E-state index >= 15 is 0 Å². The highest BCUT2D eigenvalue weighted by molar-refractivity contribution is 5.73. The van der Waals surface area contributed by atoms with Crippen LogP contribution in [0.15, 0.2) is 0 Å². The van der Waals surface area contributed by atoms with Gasteiger partial charge in [0.15, 0.2) is 0 Å². The molecule has 0 aromatic heterocycles. The Hall–Kier alpha value is -0.570. The Balaban J connectivity index is 2.54. The number of rotatable bonds is 5. The maximum Gasteiger partial charge on any atom is 0.309 e. The van der Waals surface area contributed by atoms with Crippen molar-refractivity contribution in [3.05, 3.63) is 0 Å². The highest BCUT2D eigenvalue weighted by atomic mass is 16.5. The van der Waals surface area contributed by atoms with Crippen molar-refractivity contribution in [3.8, 4) is 0 Å². The second kappa shape index (κ2) is 6.24. The van der Waals surface area contributed by atoms with Crippen LogP contribution in [0.3, 0.4) is 0 Å². The molecule has 0 saturated heterocycles. The van der Waals surface area contributed by atoms with E-state index in [4.69, 9.17) is 4.74 Å². The highest BCUT2D eigenvalue weighted by Gasteiger charge is 2.38. The number of carbonyl (C=O) groups excluding carboxylic acids is 1. The van der Waals surface area contributed by atoms with Gasteiger partial charge in [0.1, 0.15) is 0 Å². The molecular weight excluding hydrogens is 204 g/mol. The lowest BCUT2D eigenvalue weighted by Crippen LogP contribution is -2.31. The molecule has 0 heterocycles. The highest BCUT2D eigenvalue weighted by Crippen LogP contribution is 2.36. The van der Waals surface area contributed by atoms with Crippen LogP contribution >= 0.6 is 0 Å². The van der Waals surface area contributed by atoms with E-state index in [9.17, 15) is 9.90 Å². The summed E-state index contributed by atoms with van der Waals surface area (Å²) >= 11 is 0. The molecule has 3 nitrogen and oxygen atoms in total. The molecule has 3 heteroatoms. The van der Waals surface area contributed by atoms with E-state index in [1.165, 1.54) is 0 Å².